The van der Waals surface area contributed by atoms with Crippen LogP contribution in [0.5, 0.6) is 0 Å². The fraction of sp³-hybridized carbons (Fsp3) is 0.423. The van der Waals surface area contributed by atoms with Gasteiger partial charge in [0.1, 0.15) is 0 Å². The van der Waals surface area contributed by atoms with Crippen LogP contribution in [0.1, 0.15) is 80.9 Å². The number of aliphatic hydroxyl groups excluding tert-OH is 1. The number of methoxy groups -OCH3 is 2. The van der Waals surface area contributed by atoms with Crippen molar-refractivity contribution in [1.29, 1.82) is 0 Å². The van der Waals surface area contributed by atoms with Crippen LogP contribution in [0.2, 0.25) is 0 Å². The predicted octanol–water partition coefficient (Wildman–Crippen LogP) is 4.60. The molecule has 0 aliphatic carbocycles. The van der Waals surface area contributed by atoms with Gasteiger partial charge in [0.2, 0.25) is 6.10 Å². The third-order valence-electron chi connectivity index (χ3n) is 4.94. The van der Waals surface area contributed by atoms with E-state index in [0.717, 1.165) is 11.1 Å². The molecular weight excluding hydrogens is 424 g/mol. The van der Waals surface area contributed by atoms with Gasteiger partial charge in [-0.15, -0.1) is 0 Å². The number of hydrogen-bond acceptors (Lipinski definition) is 7. The molecule has 0 saturated heterocycles. The van der Waals surface area contributed by atoms with Crippen molar-refractivity contribution < 1.29 is 33.7 Å². The highest BCUT2D eigenvalue weighted by atomic mass is 16.6. The van der Waals surface area contributed by atoms with Crippen LogP contribution >= 0.6 is 0 Å². The van der Waals surface area contributed by atoms with Gasteiger partial charge in [0, 0.05) is 12.5 Å². The van der Waals surface area contributed by atoms with Gasteiger partial charge in [-0.05, 0) is 28.5 Å². The molecule has 0 heterocycles. The molecule has 0 saturated carbocycles. The van der Waals surface area contributed by atoms with E-state index >= 15 is 0 Å². The molecule has 0 aliphatic rings. The molecule has 2 atom stereocenters. The number of rotatable bonds is 7. The molecule has 0 radical (unpaired) electrons. The smallest absolute Gasteiger partial charge is 0.351 e. The van der Waals surface area contributed by atoms with E-state index in [1.165, 1.54) is 21.1 Å². The van der Waals surface area contributed by atoms with Crippen LogP contribution in [0.15, 0.2) is 48.5 Å². The van der Waals surface area contributed by atoms with Crippen LogP contribution in [-0.4, -0.2) is 37.2 Å². The zero-order chi connectivity index (χ0) is 25.1. The van der Waals surface area contributed by atoms with Gasteiger partial charge >= 0.3 is 17.9 Å². The molecule has 0 aromatic heterocycles. The number of esters is 3. The molecule has 0 spiro atoms. The summed E-state index contributed by atoms with van der Waals surface area (Å²) in [6.07, 6.45) is -2.18. The summed E-state index contributed by atoms with van der Waals surface area (Å²) in [7, 11) is 2.54. The summed E-state index contributed by atoms with van der Waals surface area (Å²) in [5, 5.41) is 9.74. The van der Waals surface area contributed by atoms with Crippen LogP contribution in [0, 0.1) is 0 Å². The first-order valence-corrected chi connectivity index (χ1v) is 10.7. The lowest BCUT2D eigenvalue weighted by Crippen LogP contribution is -2.21. The van der Waals surface area contributed by atoms with Gasteiger partial charge in [-0.3, -0.25) is 4.79 Å². The Morgan fingerprint density at radius 3 is 1.48 bits per heavy atom. The maximum absolute atomic E-state index is 11.7. The Balaban J connectivity index is 0.000000335. The zero-order valence-electron chi connectivity index (χ0n) is 20.3. The second-order valence-electron chi connectivity index (χ2n) is 8.01. The minimum absolute atomic E-state index is 0.226. The molecular formula is C26H34O7. The maximum Gasteiger partial charge on any atom is 0.351 e. The molecule has 2 aromatic rings. The van der Waals surface area contributed by atoms with Crippen LogP contribution in [0.3, 0.4) is 0 Å². The summed E-state index contributed by atoms with van der Waals surface area (Å²) in [5.41, 5.74) is 3.23. The van der Waals surface area contributed by atoms with E-state index < -0.39 is 30.1 Å². The van der Waals surface area contributed by atoms with E-state index in [1.807, 2.05) is 52.0 Å². The van der Waals surface area contributed by atoms with Gasteiger partial charge in [-0.25, -0.2) is 9.59 Å². The summed E-state index contributed by atoms with van der Waals surface area (Å²) in [6, 6.07) is 14.7. The van der Waals surface area contributed by atoms with Gasteiger partial charge in [0.05, 0.1) is 14.2 Å². The number of carbonyl (C=O) groups is 3. The van der Waals surface area contributed by atoms with Crippen molar-refractivity contribution in [3.63, 3.8) is 0 Å². The molecule has 2 aromatic carbocycles. The van der Waals surface area contributed by atoms with Gasteiger partial charge in [-0.2, -0.15) is 0 Å². The highest BCUT2D eigenvalue weighted by Gasteiger charge is 2.27. The average Bonchev–Trinajstić information content (AvgIpc) is 2.81. The Hall–Kier alpha value is -3.19. The normalized spacial score (nSPS) is 12.3. The van der Waals surface area contributed by atoms with Crippen LogP contribution in [0.4, 0.5) is 0 Å². The lowest BCUT2D eigenvalue weighted by atomic mass is 9.94. The Labute approximate surface area is 195 Å². The highest BCUT2D eigenvalue weighted by Crippen LogP contribution is 2.28. The fourth-order valence-electron chi connectivity index (χ4n) is 3.31. The Bertz CT molecular complexity index is 934. The van der Waals surface area contributed by atoms with Gasteiger partial charge in [0.25, 0.3) is 0 Å². The van der Waals surface area contributed by atoms with Crippen molar-refractivity contribution in [2.75, 3.05) is 14.2 Å². The van der Waals surface area contributed by atoms with Crippen molar-refractivity contribution in [2.24, 2.45) is 0 Å². The van der Waals surface area contributed by atoms with Crippen LogP contribution in [0.25, 0.3) is 0 Å². The molecule has 7 heteroatoms. The van der Waals surface area contributed by atoms with E-state index in [0.29, 0.717) is 11.1 Å². The number of carbonyl (C=O) groups excluding carboxylic acids is 3. The number of hydrogen-bond donors (Lipinski definition) is 1. The first-order chi connectivity index (χ1) is 15.5. The van der Waals surface area contributed by atoms with E-state index in [9.17, 15) is 19.5 Å². The van der Waals surface area contributed by atoms with E-state index in [2.05, 4.69) is 9.47 Å². The highest BCUT2D eigenvalue weighted by molar-refractivity contribution is 5.80. The average molecular weight is 459 g/mol. The second-order valence-corrected chi connectivity index (χ2v) is 8.01. The Morgan fingerprint density at radius 1 is 0.697 bits per heavy atom. The van der Waals surface area contributed by atoms with Crippen molar-refractivity contribution >= 4 is 17.9 Å². The first kappa shape index (κ1) is 27.8. The topological polar surface area (TPSA) is 99.1 Å². The molecule has 0 aliphatic heterocycles. The minimum Gasteiger partial charge on any atom is -0.467 e. The Kier molecular flexibility index (Phi) is 11.3. The summed E-state index contributed by atoms with van der Waals surface area (Å²) >= 11 is 0. The minimum atomic E-state index is -1.19. The largest absolute Gasteiger partial charge is 0.467 e. The lowest BCUT2D eigenvalue weighted by molar-refractivity contribution is -0.165. The van der Waals surface area contributed by atoms with Crippen molar-refractivity contribution in [3.05, 3.63) is 70.8 Å². The van der Waals surface area contributed by atoms with Gasteiger partial charge in [0.15, 0.2) is 6.10 Å². The lowest BCUT2D eigenvalue weighted by Gasteiger charge is -2.19. The zero-order valence-corrected chi connectivity index (χ0v) is 20.3. The second kappa shape index (κ2) is 13.4. The number of ether oxygens (including phenoxy) is 3. The molecule has 2 rings (SSSR count). The predicted molar refractivity (Wildman–Crippen MR) is 125 cm³/mol. The number of aliphatic hydroxyl groups is 1. The van der Waals surface area contributed by atoms with Crippen LogP contribution < -0.4 is 0 Å². The first-order valence-electron chi connectivity index (χ1n) is 10.7. The van der Waals surface area contributed by atoms with Gasteiger partial charge in [-0.1, -0.05) is 76.2 Å². The third kappa shape index (κ3) is 8.02. The molecule has 180 valence electrons. The Morgan fingerprint density at radius 2 is 1.09 bits per heavy atom. The third-order valence-corrected chi connectivity index (χ3v) is 4.94. The van der Waals surface area contributed by atoms with Crippen molar-refractivity contribution in [3.8, 4) is 0 Å². The molecule has 33 heavy (non-hydrogen) atoms. The van der Waals surface area contributed by atoms with Crippen molar-refractivity contribution in [2.45, 2.75) is 58.7 Å². The SMILES string of the molecule is COC(=O)C(O)c1ccccc1C(C)C.COC(=O)C(OC(C)=O)c1ccccc1C(C)C. The molecule has 0 bridgehead atoms. The molecule has 7 nitrogen and oxygen atoms in total. The van der Waals surface area contributed by atoms with E-state index in [-0.39, 0.29) is 11.8 Å². The van der Waals surface area contributed by atoms with E-state index in [1.54, 1.807) is 24.3 Å². The fourth-order valence-corrected chi connectivity index (χ4v) is 3.31. The standard InChI is InChI=1S/C14H18O4.C12H16O3/c1-9(2)11-7-5-6-8-12(11)13(14(16)17-4)18-10(3)15;1-8(2)9-6-4-5-7-10(9)11(13)12(14)15-3/h5-9,13H,1-4H3;4-8,11,13H,1-3H3. The molecule has 0 amide bonds. The summed E-state index contributed by atoms with van der Waals surface area (Å²) in [6.45, 7) is 9.33. The van der Waals surface area contributed by atoms with Crippen molar-refractivity contribution in [1.82, 2.24) is 0 Å². The summed E-state index contributed by atoms with van der Waals surface area (Å²) in [4.78, 5) is 34.0. The maximum atomic E-state index is 11.7. The number of benzene rings is 2. The monoisotopic (exact) mass is 458 g/mol. The molecule has 2 unspecified atom stereocenters. The van der Waals surface area contributed by atoms with E-state index in [4.69, 9.17) is 4.74 Å². The summed E-state index contributed by atoms with van der Waals surface area (Å²) in [5.74, 6) is -1.21. The molecule has 0 fully saturated rings. The van der Waals surface area contributed by atoms with Gasteiger partial charge < -0.3 is 19.3 Å². The quantitative estimate of drug-likeness (QED) is 0.478. The van der Waals surface area contributed by atoms with Crippen LogP contribution in [-0.2, 0) is 28.6 Å². The summed E-state index contributed by atoms with van der Waals surface area (Å²) < 4.78 is 14.3. The molecule has 1 N–H and O–H groups in total.